The lowest BCUT2D eigenvalue weighted by Crippen LogP contribution is -2.55. The summed E-state index contributed by atoms with van der Waals surface area (Å²) in [6.45, 7) is 5.24. The molecule has 30 heavy (non-hydrogen) atoms. The molecule has 0 amide bonds. The summed E-state index contributed by atoms with van der Waals surface area (Å²) in [5.74, 6) is 0.195. The van der Waals surface area contributed by atoms with E-state index in [1.807, 2.05) is 23.3 Å². The number of benzene rings is 1. The first-order valence-electron chi connectivity index (χ1n) is 9.66. The molecule has 3 rings (SSSR count). The molecule has 1 aromatic carbocycles. The highest BCUT2D eigenvalue weighted by Gasteiger charge is 2.39. The van der Waals surface area contributed by atoms with Crippen molar-refractivity contribution in [1.29, 1.82) is 0 Å². The summed E-state index contributed by atoms with van der Waals surface area (Å²) in [6, 6.07) is 5.93. The average Bonchev–Trinajstić information content (AvgIpc) is 3.17. The van der Waals surface area contributed by atoms with Gasteiger partial charge in [-0.2, -0.15) is 13.2 Å². The van der Waals surface area contributed by atoms with Crippen molar-refractivity contribution in [1.82, 2.24) is 4.98 Å². The fourth-order valence-corrected chi connectivity index (χ4v) is 5.36. The monoisotopic (exact) mass is 461 g/mol. The first-order chi connectivity index (χ1) is 14.2. The van der Waals surface area contributed by atoms with Crippen LogP contribution in [0.5, 0.6) is 0 Å². The fraction of sp³-hybridized carbons (Fsp3) is 0.550. The predicted octanol–water partition coefficient (Wildman–Crippen LogP) is 4.22. The van der Waals surface area contributed by atoms with Crippen molar-refractivity contribution in [3.05, 3.63) is 34.3 Å². The number of piperazine rings is 1. The highest BCUT2D eigenvalue weighted by atomic mass is 32.2. The zero-order valence-corrected chi connectivity index (χ0v) is 18.7. The van der Waals surface area contributed by atoms with Gasteiger partial charge in [-0.05, 0) is 29.9 Å². The van der Waals surface area contributed by atoms with E-state index in [2.05, 4.69) is 29.8 Å². The number of aliphatic hydroxyl groups excluding tert-OH is 2. The molecule has 10 heteroatoms. The van der Waals surface area contributed by atoms with Gasteiger partial charge in [0.2, 0.25) is 0 Å². The Labute approximate surface area is 182 Å². The van der Waals surface area contributed by atoms with Gasteiger partial charge < -0.3 is 20.0 Å². The van der Waals surface area contributed by atoms with Gasteiger partial charge >= 0.3 is 6.18 Å². The lowest BCUT2D eigenvalue weighted by Gasteiger charge is -2.44. The molecule has 5 nitrogen and oxygen atoms in total. The molecule has 1 saturated heterocycles. The lowest BCUT2D eigenvalue weighted by molar-refractivity contribution is -0.141. The van der Waals surface area contributed by atoms with E-state index in [-0.39, 0.29) is 23.4 Å². The third-order valence-corrected chi connectivity index (χ3v) is 7.24. The minimum atomic E-state index is -4.58. The fourth-order valence-electron chi connectivity index (χ4n) is 3.70. The van der Waals surface area contributed by atoms with Crippen LogP contribution in [0.25, 0.3) is 0 Å². The molecule has 1 atom stereocenters. The number of thiazole rings is 1. The van der Waals surface area contributed by atoms with Crippen LogP contribution in [0.4, 0.5) is 24.0 Å². The Bertz CT molecular complexity index is 873. The number of thioether (sulfide) groups is 1. The summed E-state index contributed by atoms with van der Waals surface area (Å²) in [4.78, 5) is 8.91. The van der Waals surface area contributed by atoms with Crippen LogP contribution in [0.2, 0.25) is 0 Å². The number of nitrogens with zero attached hydrogens (tertiary/aromatic N) is 3. The number of alkyl halides is 3. The molecular weight excluding hydrogens is 435 g/mol. The number of hydrogen-bond acceptors (Lipinski definition) is 7. The number of aliphatic hydroxyl groups is 2. The topological polar surface area (TPSA) is 59.8 Å². The Morgan fingerprint density at radius 1 is 1.23 bits per heavy atom. The van der Waals surface area contributed by atoms with Crippen molar-refractivity contribution in [3.8, 4) is 0 Å². The van der Waals surface area contributed by atoms with Crippen molar-refractivity contribution in [2.24, 2.45) is 5.92 Å². The molecule has 0 spiro atoms. The second kappa shape index (κ2) is 9.33. The average molecular weight is 462 g/mol. The molecule has 0 saturated carbocycles. The standard InChI is InChI=1S/C20H26F3N3O2S2/c1-12(2)15-9-25(14-5-4-13(10-27)16(8-14)29-3)6-7-26(15)19-24-18(20(21,22)23)17(11-28)30-19/h4-5,8,12,15,27-28H,6-7,9-11H2,1-3H3. The maximum atomic E-state index is 13.3. The number of hydrogen-bond donors (Lipinski definition) is 2. The minimum Gasteiger partial charge on any atom is -0.392 e. The molecule has 2 heterocycles. The maximum Gasteiger partial charge on any atom is 0.434 e. The van der Waals surface area contributed by atoms with Crippen LogP contribution in [0.3, 0.4) is 0 Å². The van der Waals surface area contributed by atoms with Crippen LogP contribution in [-0.2, 0) is 19.4 Å². The molecule has 1 aliphatic heterocycles. The summed E-state index contributed by atoms with van der Waals surface area (Å²) in [5, 5.41) is 19.2. The van der Waals surface area contributed by atoms with E-state index in [4.69, 9.17) is 0 Å². The quantitative estimate of drug-likeness (QED) is 0.629. The second-order valence-corrected chi connectivity index (χ2v) is 9.44. The normalized spacial score (nSPS) is 17.8. The van der Waals surface area contributed by atoms with E-state index in [0.717, 1.165) is 27.5 Å². The van der Waals surface area contributed by atoms with E-state index in [9.17, 15) is 23.4 Å². The summed E-state index contributed by atoms with van der Waals surface area (Å²) < 4.78 is 39.8. The summed E-state index contributed by atoms with van der Waals surface area (Å²) in [5.41, 5.74) is 0.927. The van der Waals surface area contributed by atoms with Crippen LogP contribution >= 0.6 is 23.1 Å². The Kier molecular flexibility index (Phi) is 7.21. The van der Waals surface area contributed by atoms with Gasteiger partial charge in [0.25, 0.3) is 0 Å². The second-order valence-electron chi connectivity index (χ2n) is 7.53. The maximum absolute atomic E-state index is 13.3. The molecule has 166 valence electrons. The Balaban J connectivity index is 1.87. The first-order valence-corrected chi connectivity index (χ1v) is 11.7. The van der Waals surface area contributed by atoms with Gasteiger partial charge in [-0.25, -0.2) is 4.98 Å². The molecule has 1 aliphatic rings. The predicted molar refractivity (Wildman–Crippen MR) is 115 cm³/mol. The molecule has 0 radical (unpaired) electrons. The number of halogens is 3. The zero-order chi connectivity index (χ0) is 22.1. The van der Waals surface area contributed by atoms with Crippen molar-refractivity contribution in [2.45, 2.75) is 44.2 Å². The van der Waals surface area contributed by atoms with Crippen LogP contribution in [0, 0.1) is 5.92 Å². The smallest absolute Gasteiger partial charge is 0.392 e. The Morgan fingerprint density at radius 2 is 1.97 bits per heavy atom. The molecule has 1 aromatic heterocycles. The van der Waals surface area contributed by atoms with Gasteiger partial charge in [-0.3, -0.25) is 0 Å². The third-order valence-electron chi connectivity index (χ3n) is 5.34. The summed E-state index contributed by atoms with van der Waals surface area (Å²) >= 11 is 2.49. The van der Waals surface area contributed by atoms with Crippen LogP contribution in [0.15, 0.2) is 23.1 Å². The van der Waals surface area contributed by atoms with Crippen LogP contribution in [0.1, 0.15) is 30.0 Å². The Hall–Kier alpha value is -1.49. The van der Waals surface area contributed by atoms with E-state index in [1.54, 1.807) is 11.8 Å². The van der Waals surface area contributed by atoms with E-state index in [1.165, 1.54) is 0 Å². The Morgan fingerprint density at radius 3 is 2.50 bits per heavy atom. The van der Waals surface area contributed by atoms with E-state index >= 15 is 0 Å². The molecule has 1 unspecified atom stereocenters. The van der Waals surface area contributed by atoms with Crippen molar-refractivity contribution in [2.75, 3.05) is 35.7 Å². The number of anilines is 2. The van der Waals surface area contributed by atoms with Gasteiger partial charge in [-0.1, -0.05) is 31.3 Å². The van der Waals surface area contributed by atoms with Crippen molar-refractivity contribution < 1.29 is 23.4 Å². The largest absolute Gasteiger partial charge is 0.434 e. The van der Waals surface area contributed by atoms with Crippen LogP contribution in [-0.4, -0.2) is 47.1 Å². The zero-order valence-electron chi connectivity index (χ0n) is 17.1. The molecule has 1 fully saturated rings. The summed E-state index contributed by atoms with van der Waals surface area (Å²) in [6.07, 6.45) is -2.61. The van der Waals surface area contributed by atoms with Gasteiger partial charge in [0.1, 0.15) is 0 Å². The summed E-state index contributed by atoms with van der Waals surface area (Å²) in [7, 11) is 0. The molecule has 2 aromatic rings. The van der Waals surface area contributed by atoms with Crippen molar-refractivity contribution >= 4 is 33.9 Å². The van der Waals surface area contributed by atoms with Crippen molar-refractivity contribution in [3.63, 3.8) is 0 Å². The van der Waals surface area contributed by atoms with Gasteiger partial charge in [-0.15, -0.1) is 11.8 Å². The van der Waals surface area contributed by atoms with Gasteiger partial charge in [0, 0.05) is 30.2 Å². The van der Waals surface area contributed by atoms with Gasteiger partial charge in [0.15, 0.2) is 10.8 Å². The number of rotatable bonds is 6. The molecular formula is C20H26F3N3O2S2. The lowest BCUT2D eigenvalue weighted by atomic mass is 9.99. The third kappa shape index (κ3) is 4.71. The van der Waals surface area contributed by atoms with E-state index in [0.29, 0.717) is 24.8 Å². The number of aromatic nitrogens is 1. The van der Waals surface area contributed by atoms with Crippen LogP contribution < -0.4 is 9.80 Å². The highest BCUT2D eigenvalue weighted by molar-refractivity contribution is 7.98. The van der Waals surface area contributed by atoms with Gasteiger partial charge in [0.05, 0.1) is 24.1 Å². The molecule has 0 bridgehead atoms. The molecule has 2 N–H and O–H groups in total. The molecule has 0 aliphatic carbocycles. The minimum absolute atomic E-state index is 0.0162. The van der Waals surface area contributed by atoms with E-state index < -0.39 is 18.5 Å². The first kappa shape index (κ1) is 23.2. The SMILES string of the molecule is CSc1cc(N2CCN(c3nc(C(F)(F)F)c(CO)s3)C(C(C)C)C2)ccc1CO. The highest BCUT2D eigenvalue weighted by Crippen LogP contribution is 2.39.